The maximum Gasteiger partial charge on any atom is 0.253 e. The van der Waals surface area contributed by atoms with Crippen LogP contribution in [0.15, 0.2) is 36.4 Å². The van der Waals surface area contributed by atoms with E-state index in [-0.39, 0.29) is 13.2 Å². The highest BCUT2D eigenvalue weighted by Crippen LogP contribution is 2.22. The van der Waals surface area contributed by atoms with Crippen molar-refractivity contribution in [2.75, 3.05) is 18.9 Å². The first kappa shape index (κ1) is 15.3. The number of hydrogen-bond acceptors (Lipinski definition) is 4. The zero-order valence-electron chi connectivity index (χ0n) is 12.0. The van der Waals surface area contributed by atoms with Crippen molar-refractivity contribution in [3.8, 4) is 0 Å². The van der Waals surface area contributed by atoms with Crippen LogP contribution in [0.25, 0.3) is 10.8 Å². The minimum Gasteiger partial charge on any atom is -0.398 e. The van der Waals surface area contributed by atoms with Crippen LogP contribution in [-0.4, -0.2) is 34.9 Å². The second-order valence-corrected chi connectivity index (χ2v) is 5.19. The number of benzene rings is 2. The van der Waals surface area contributed by atoms with Crippen molar-refractivity contribution < 1.29 is 15.0 Å². The average molecular weight is 288 g/mol. The molecule has 0 unspecified atom stereocenters. The molecule has 0 aliphatic carbocycles. The lowest BCUT2D eigenvalue weighted by molar-refractivity contribution is 0.0653. The molecule has 0 aliphatic rings. The van der Waals surface area contributed by atoms with Gasteiger partial charge in [0.1, 0.15) is 0 Å². The van der Waals surface area contributed by atoms with E-state index < -0.39 is 11.4 Å². The number of nitrogens with two attached hydrogens (primary N) is 1. The smallest absolute Gasteiger partial charge is 0.253 e. The summed E-state index contributed by atoms with van der Waals surface area (Å²) in [6.07, 6.45) is 0.416. The van der Waals surface area contributed by atoms with Gasteiger partial charge in [-0.3, -0.25) is 4.79 Å². The summed E-state index contributed by atoms with van der Waals surface area (Å²) in [4.78, 5) is 12.4. The molecule has 1 amide bonds. The first-order valence-corrected chi connectivity index (χ1v) is 6.88. The van der Waals surface area contributed by atoms with Crippen molar-refractivity contribution in [1.82, 2.24) is 5.32 Å². The molecular weight excluding hydrogens is 268 g/mol. The van der Waals surface area contributed by atoms with Crippen LogP contribution in [0.4, 0.5) is 5.69 Å². The lowest BCUT2D eigenvalue weighted by Crippen LogP contribution is -2.53. The van der Waals surface area contributed by atoms with Crippen LogP contribution in [0.2, 0.25) is 0 Å². The first-order valence-electron chi connectivity index (χ1n) is 6.88. The van der Waals surface area contributed by atoms with E-state index in [1.165, 1.54) is 0 Å². The largest absolute Gasteiger partial charge is 0.398 e. The quantitative estimate of drug-likeness (QED) is 0.623. The molecule has 0 heterocycles. The zero-order chi connectivity index (χ0) is 15.5. The van der Waals surface area contributed by atoms with Crippen molar-refractivity contribution in [3.05, 3.63) is 42.0 Å². The number of nitrogen functional groups attached to an aromatic ring is 1. The number of carbonyl (C=O) groups excluding carboxylic acids is 1. The summed E-state index contributed by atoms with van der Waals surface area (Å²) < 4.78 is 0. The van der Waals surface area contributed by atoms with Gasteiger partial charge in [-0.25, -0.2) is 0 Å². The van der Waals surface area contributed by atoms with Gasteiger partial charge >= 0.3 is 0 Å². The number of nitrogens with one attached hydrogen (secondary N) is 1. The number of anilines is 1. The Hall–Kier alpha value is -2.11. The topological polar surface area (TPSA) is 95.6 Å². The number of rotatable bonds is 5. The summed E-state index contributed by atoms with van der Waals surface area (Å²) in [5.41, 5.74) is 5.62. The van der Waals surface area contributed by atoms with Crippen LogP contribution < -0.4 is 11.1 Å². The number of aliphatic hydroxyl groups excluding tert-OH is 2. The van der Waals surface area contributed by atoms with Gasteiger partial charge in [-0.05, 0) is 29.3 Å². The fraction of sp³-hybridized carbons (Fsp3) is 0.312. The molecule has 5 heteroatoms. The molecule has 0 saturated carbocycles. The number of amides is 1. The van der Waals surface area contributed by atoms with E-state index in [0.717, 1.165) is 10.8 Å². The number of fused-ring (bicyclic) bond motifs is 1. The Kier molecular flexibility index (Phi) is 4.45. The molecule has 0 radical (unpaired) electrons. The highest BCUT2D eigenvalue weighted by molar-refractivity contribution is 6.04. The summed E-state index contributed by atoms with van der Waals surface area (Å²) in [5, 5.41) is 23.4. The molecule has 21 heavy (non-hydrogen) atoms. The van der Waals surface area contributed by atoms with Crippen molar-refractivity contribution in [2.45, 2.75) is 18.9 Å². The minimum absolute atomic E-state index is 0.334. The SMILES string of the molecule is CCC(CO)(CO)NC(=O)c1cc2ccccc2cc1N. The summed E-state index contributed by atoms with van der Waals surface area (Å²) >= 11 is 0. The second kappa shape index (κ2) is 6.11. The predicted molar refractivity (Wildman–Crippen MR) is 83.0 cm³/mol. The third-order valence-corrected chi connectivity index (χ3v) is 3.82. The maximum absolute atomic E-state index is 12.4. The summed E-state index contributed by atoms with van der Waals surface area (Å²) in [5.74, 6) is -0.400. The van der Waals surface area contributed by atoms with E-state index in [4.69, 9.17) is 5.73 Å². The monoisotopic (exact) mass is 288 g/mol. The highest BCUT2D eigenvalue weighted by atomic mass is 16.3. The fourth-order valence-corrected chi connectivity index (χ4v) is 2.20. The Morgan fingerprint density at radius 1 is 1.19 bits per heavy atom. The van der Waals surface area contributed by atoms with Crippen molar-refractivity contribution >= 4 is 22.4 Å². The normalized spacial score (nSPS) is 11.6. The summed E-state index contributed by atoms with van der Waals surface area (Å²) in [7, 11) is 0. The molecule has 0 spiro atoms. The Balaban J connectivity index is 2.37. The maximum atomic E-state index is 12.4. The average Bonchev–Trinajstić information content (AvgIpc) is 2.52. The predicted octanol–water partition coefficient (Wildman–Crippen LogP) is 1.29. The highest BCUT2D eigenvalue weighted by Gasteiger charge is 2.29. The molecule has 2 aromatic carbocycles. The Bertz CT molecular complexity index is 643. The van der Waals surface area contributed by atoms with E-state index >= 15 is 0 Å². The molecule has 0 bridgehead atoms. The van der Waals surface area contributed by atoms with Crippen LogP contribution in [0.1, 0.15) is 23.7 Å². The molecule has 0 fully saturated rings. The van der Waals surface area contributed by atoms with Gasteiger partial charge < -0.3 is 21.3 Å². The van der Waals surface area contributed by atoms with Gasteiger partial charge in [0.25, 0.3) is 5.91 Å². The third-order valence-electron chi connectivity index (χ3n) is 3.82. The molecule has 112 valence electrons. The number of aliphatic hydroxyl groups is 2. The van der Waals surface area contributed by atoms with Crippen LogP contribution in [-0.2, 0) is 0 Å². The van der Waals surface area contributed by atoms with Crippen LogP contribution >= 0.6 is 0 Å². The van der Waals surface area contributed by atoms with Gasteiger partial charge in [0.15, 0.2) is 0 Å². The molecular formula is C16H20N2O3. The number of hydrogen-bond donors (Lipinski definition) is 4. The van der Waals surface area contributed by atoms with E-state index in [2.05, 4.69) is 5.32 Å². The molecule has 0 saturated heterocycles. The van der Waals surface area contributed by atoms with E-state index in [0.29, 0.717) is 17.7 Å². The van der Waals surface area contributed by atoms with Gasteiger partial charge in [0.05, 0.1) is 24.3 Å². The Morgan fingerprint density at radius 2 is 1.76 bits per heavy atom. The molecule has 2 rings (SSSR count). The zero-order valence-corrected chi connectivity index (χ0v) is 12.0. The van der Waals surface area contributed by atoms with E-state index in [1.54, 1.807) is 19.1 Å². The summed E-state index contributed by atoms with van der Waals surface area (Å²) in [6, 6.07) is 11.1. The van der Waals surface area contributed by atoms with E-state index in [1.807, 2.05) is 24.3 Å². The fourth-order valence-electron chi connectivity index (χ4n) is 2.20. The van der Waals surface area contributed by atoms with Crippen molar-refractivity contribution in [3.63, 3.8) is 0 Å². The molecule has 5 N–H and O–H groups in total. The third kappa shape index (κ3) is 2.99. The molecule has 5 nitrogen and oxygen atoms in total. The number of carbonyl (C=O) groups is 1. The minimum atomic E-state index is -1.03. The molecule has 0 atom stereocenters. The van der Waals surface area contributed by atoms with Crippen LogP contribution in [0, 0.1) is 0 Å². The van der Waals surface area contributed by atoms with Crippen molar-refractivity contribution in [2.24, 2.45) is 0 Å². The van der Waals surface area contributed by atoms with Gasteiger partial charge in [-0.2, -0.15) is 0 Å². The van der Waals surface area contributed by atoms with Gasteiger partial charge in [0.2, 0.25) is 0 Å². The first-order chi connectivity index (χ1) is 10.0. The van der Waals surface area contributed by atoms with Gasteiger partial charge in [0, 0.05) is 5.69 Å². The molecule has 2 aromatic rings. The van der Waals surface area contributed by atoms with Gasteiger partial charge in [-0.1, -0.05) is 31.2 Å². The molecule has 0 aliphatic heterocycles. The van der Waals surface area contributed by atoms with Crippen LogP contribution in [0.5, 0.6) is 0 Å². The Labute approximate surface area is 123 Å². The lowest BCUT2D eigenvalue weighted by atomic mass is 9.97. The molecule has 0 aromatic heterocycles. The Morgan fingerprint density at radius 3 is 2.29 bits per heavy atom. The second-order valence-electron chi connectivity index (χ2n) is 5.19. The van der Waals surface area contributed by atoms with Gasteiger partial charge in [-0.15, -0.1) is 0 Å². The summed E-state index contributed by atoms with van der Waals surface area (Å²) in [6.45, 7) is 1.12. The standard InChI is InChI=1S/C16H20N2O3/c1-2-16(9-19,10-20)18-15(21)13-7-11-5-3-4-6-12(11)8-14(13)17/h3-8,19-20H,2,9-10,17H2,1H3,(H,18,21). The van der Waals surface area contributed by atoms with Crippen LogP contribution in [0.3, 0.4) is 0 Å². The van der Waals surface area contributed by atoms with E-state index in [9.17, 15) is 15.0 Å². The van der Waals surface area contributed by atoms with Crippen molar-refractivity contribution in [1.29, 1.82) is 0 Å². The lowest BCUT2D eigenvalue weighted by Gasteiger charge is -2.29.